The molecule has 1 aromatic carbocycles. The lowest BCUT2D eigenvalue weighted by Gasteiger charge is -2.38. The molecule has 5 atom stereocenters. The highest BCUT2D eigenvalue weighted by atomic mass is 32.2. The second-order valence-electron chi connectivity index (χ2n) is 11.6. The van der Waals surface area contributed by atoms with Crippen LogP contribution in [0.15, 0.2) is 55.6 Å². The second kappa shape index (κ2) is 12.9. The summed E-state index contributed by atoms with van der Waals surface area (Å²) >= 11 is 1.71. The average Bonchev–Trinajstić information content (AvgIpc) is 3.51. The number of unbranched alkanes of at least 4 members (excludes halogenated alkanes) is 2. The highest BCUT2D eigenvalue weighted by Gasteiger charge is 2.77. The van der Waals surface area contributed by atoms with Crippen LogP contribution in [-0.4, -0.2) is 85.8 Å². The van der Waals surface area contributed by atoms with Crippen LogP contribution in [0.3, 0.4) is 0 Å². The third-order valence-electron chi connectivity index (χ3n) is 8.90. The van der Waals surface area contributed by atoms with Crippen molar-refractivity contribution in [2.45, 2.75) is 74.5 Å². The van der Waals surface area contributed by atoms with E-state index in [9.17, 15) is 19.5 Å². The summed E-state index contributed by atoms with van der Waals surface area (Å²) in [6.45, 7) is 14.3. The molecule has 2 bridgehead atoms. The Morgan fingerprint density at radius 2 is 1.77 bits per heavy atom. The van der Waals surface area contributed by atoms with Crippen LogP contribution in [0, 0.1) is 11.8 Å². The Morgan fingerprint density at radius 1 is 1.07 bits per heavy atom. The summed E-state index contributed by atoms with van der Waals surface area (Å²) in [5.41, 5.74) is 1.03. The van der Waals surface area contributed by atoms with Crippen molar-refractivity contribution in [2.24, 2.45) is 11.8 Å². The Kier molecular flexibility index (Phi) is 9.83. The third kappa shape index (κ3) is 5.49. The van der Waals surface area contributed by atoms with Crippen molar-refractivity contribution in [3.8, 4) is 0 Å². The molecule has 1 spiro atoms. The average molecular weight is 568 g/mol. The Hall–Kier alpha value is -2.58. The fraction of sp³-hybridized carbons (Fsp3) is 0.594. The van der Waals surface area contributed by atoms with E-state index in [0.29, 0.717) is 45.6 Å². The second-order valence-corrected chi connectivity index (χ2v) is 13.5. The monoisotopic (exact) mass is 567 g/mol. The maximum atomic E-state index is 14.4. The molecule has 3 aliphatic rings. The molecule has 218 valence electrons. The van der Waals surface area contributed by atoms with Gasteiger partial charge in [-0.2, -0.15) is 0 Å². The van der Waals surface area contributed by atoms with Gasteiger partial charge in [0.2, 0.25) is 17.7 Å². The van der Waals surface area contributed by atoms with E-state index in [0.717, 1.165) is 31.2 Å². The zero-order chi connectivity index (χ0) is 28.9. The number of nitrogens with zero attached hydrogens (tertiary/aromatic N) is 3. The fourth-order valence-electron chi connectivity index (χ4n) is 7.07. The SMILES string of the molecule is C=CCN(CCCC)C(=O)C1N(CCCCO)C(=O)[C@@H]2[C@@H](C(=O)N(CC=C)Cc3ccccc3)[C@@]3(C)CCC12S3. The van der Waals surface area contributed by atoms with Gasteiger partial charge in [-0.1, -0.05) is 55.8 Å². The van der Waals surface area contributed by atoms with Crippen molar-refractivity contribution in [1.82, 2.24) is 14.7 Å². The van der Waals surface area contributed by atoms with E-state index < -0.39 is 27.4 Å². The number of hydrogen-bond donors (Lipinski definition) is 1. The van der Waals surface area contributed by atoms with Gasteiger partial charge >= 0.3 is 0 Å². The summed E-state index contributed by atoms with van der Waals surface area (Å²) in [5, 5.41) is 9.43. The van der Waals surface area contributed by atoms with Crippen LogP contribution in [0.4, 0.5) is 0 Å². The Labute approximate surface area is 243 Å². The molecule has 0 saturated carbocycles. The summed E-state index contributed by atoms with van der Waals surface area (Å²) < 4.78 is -1.06. The van der Waals surface area contributed by atoms with Crippen LogP contribution in [0.5, 0.6) is 0 Å². The van der Waals surface area contributed by atoms with E-state index >= 15 is 0 Å². The molecule has 8 heteroatoms. The zero-order valence-electron chi connectivity index (χ0n) is 24.1. The summed E-state index contributed by atoms with van der Waals surface area (Å²) in [5.74, 6) is -1.21. The maximum Gasteiger partial charge on any atom is 0.247 e. The first kappa shape index (κ1) is 30.4. The van der Waals surface area contributed by atoms with E-state index in [1.807, 2.05) is 40.1 Å². The number of aliphatic hydroxyl groups excluding tert-OH is 1. The van der Waals surface area contributed by atoms with Gasteiger partial charge < -0.3 is 19.8 Å². The van der Waals surface area contributed by atoms with E-state index in [1.54, 1.807) is 28.8 Å². The molecule has 4 rings (SSSR count). The summed E-state index contributed by atoms with van der Waals surface area (Å²) in [4.78, 5) is 48.5. The minimum atomic E-state index is -0.638. The van der Waals surface area contributed by atoms with E-state index in [2.05, 4.69) is 27.0 Å². The first-order valence-corrected chi connectivity index (χ1v) is 15.5. The maximum absolute atomic E-state index is 14.4. The Morgan fingerprint density at radius 3 is 2.42 bits per heavy atom. The number of hydrogen-bond acceptors (Lipinski definition) is 5. The first-order chi connectivity index (χ1) is 19.3. The van der Waals surface area contributed by atoms with Crippen LogP contribution in [0.2, 0.25) is 0 Å². The van der Waals surface area contributed by atoms with Crippen molar-refractivity contribution in [1.29, 1.82) is 0 Å². The van der Waals surface area contributed by atoms with Gasteiger partial charge in [0.1, 0.15) is 6.04 Å². The predicted molar refractivity (Wildman–Crippen MR) is 161 cm³/mol. The standard InChI is InChI=1S/C32H45N3O4S/c1-5-8-20-33(18-6-2)30(39)27-32-17-16-31(4,40-32)25(26(32)29(38)35(27)21-12-13-22-36)28(37)34(19-7-3)23-24-14-10-9-11-15-24/h6-7,9-11,14-15,25-27,36H,2-3,5,8,12-13,16-23H2,1,4H3/t25-,26-,27?,31+,32?/m0/s1. The number of likely N-dealkylation sites (tertiary alicyclic amines) is 1. The van der Waals surface area contributed by atoms with Crippen molar-refractivity contribution >= 4 is 29.5 Å². The number of benzene rings is 1. The molecule has 40 heavy (non-hydrogen) atoms. The zero-order valence-corrected chi connectivity index (χ0v) is 24.9. The van der Waals surface area contributed by atoms with Gasteiger partial charge in [-0.05, 0) is 44.6 Å². The van der Waals surface area contributed by atoms with Crippen molar-refractivity contribution in [3.63, 3.8) is 0 Å². The van der Waals surface area contributed by atoms with Gasteiger partial charge in [0, 0.05) is 44.1 Å². The topological polar surface area (TPSA) is 81.2 Å². The summed E-state index contributed by atoms with van der Waals surface area (Å²) in [6.07, 6.45) is 8.02. The van der Waals surface area contributed by atoms with E-state index in [-0.39, 0.29) is 24.3 Å². The van der Waals surface area contributed by atoms with Crippen LogP contribution < -0.4 is 0 Å². The molecule has 3 heterocycles. The number of aliphatic hydroxyl groups is 1. The molecule has 1 aromatic rings. The molecule has 3 saturated heterocycles. The van der Waals surface area contributed by atoms with Crippen molar-refractivity contribution in [3.05, 3.63) is 61.2 Å². The van der Waals surface area contributed by atoms with E-state index in [1.165, 1.54) is 0 Å². The molecule has 3 amide bonds. The lowest BCUT2D eigenvalue weighted by molar-refractivity contribution is -0.146. The van der Waals surface area contributed by atoms with Crippen LogP contribution in [0.1, 0.15) is 57.9 Å². The number of rotatable bonds is 15. The molecular formula is C32H45N3O4S. The lowest BCUT2D eigenvalue weighted by Crippen LogP contribution is -2.55. The van der Waals surface area contributed by atoms with Gasteiger partial charge in [0.15, 0.2) is 0 Å². The predicted octanol–water partition coefficient (Wildman–Crippen LogP) is 4.27. The van der Waals surface area contributed by atoms with Gasteiger partial charge in [0.25, 0.3) is 0 Å². The molecule has 0 aromatic heterocycles. The molecule has 0 aliphatic carbocycles. The largest absolute Gasteiger partial charge is 0.396 e. The highest BCUT2D eigenvalue weighted by Crippen LogP contribution is 2.71. The molecule has 0 radical (unpaired) electrons. The van der Waals surface area contributed by atoms with Crippen LogP contribution in [0.25, 0.3) is 0 Å². The molecule has 3 fully saturated rings. The molecule has 2 unspecified atom stereocenters. The van der Waals surface area contributed by atoms with Crippen molar-refractivity contribution < 1.29 is 19.5 Å². The first-order valence-electron chi connectivity index (χ1n) is 14.7. The van der Waals surface area contributed by atoms with E-state index in [4.69, 9.17) is 0 Å². The smallest absolute Gasteiger partial charge is 0.247 e. The highest BCUT2D eigenvalue weighted by molar-refractivity contribution is 8.02. The number of thioether (sulfide) groups is 1. The molecule has 1 N–H and O–H groups in total. The minimum Gasteiger partial charge on any atom is -0.396 e. The Balaban J connectivity index is 1.72. The Bertz CT molecular complexity index is 1100. The van der Waals surface area contributed by atoms with Gasteiger partial charge in [0.05, 0.1) is 16.6 Å². The quantitative estimate of drug-likeness (QED) is 0.253. The third-order valence-corrected chi connectivity index (χ3v) is 10.9. The molecular weight excluding hydrogens is 522 g/mol. The fourth-order valence-corrected chi connectivity index (χ4v) is 9.42. The minimum absolute atomic E-state index is 0.0315. The van der Waals surface area contributed by atoms with Gasteiger partial charge in [-0.25, -0.2) is 0 Å². The number of carbonyl (C=O) groups is 3. The summed E-state index contributed by atoms with van der Waals surface area (Å²) in [6, 6.07) is 9.27. The number of amides is 3. The van der Waals surface area contributed by atoms with Crippen molar-refractivity contribution in [2.75, 3.05) is 32.8 Å². The molecule has 3 aliphatic heterocycles. The number of fused-ring (bicyclic) bond motifs is 1. The summed E-state index contributed by atoms with van der Waals surface area (Å²) in [7, 11) is 0. The molecule has 7 nitrogen and oxygen atoms in total. The normalized spacial score (nSPS) is 28.4. The van der Waals surface area contributed by atoms with Gasteiger partial charge in [-0.3, -0.25) is 14.4 Å². The lowest BCUT2D eigenvalue weighted by atomic mass is 9.66. The van der Waals surface area contributed by atoms with Crippen LogP contribution >= 0.6 is 11.8 Å². The van der Waals surface area contributed by atoms with Crippen LogP contribution in [-0.2, 0) is 20.9 Å². The number of carbonyl (C=O) groups excluding carboxylic acids is 3. The van der Waals surface area contributed by atoms with Gasteiger partial charge in [-0.15, -0.1) is 24.9 Å².